The summed E-state index contributed by atoms with van der Waals surface area (Å²) in [4.78, 5) is 12.9. The molecule has 9 nitrogen and oxygen atoms in total. The van der Waals surface area contributed by atoms with Gasteiger partial charge in [0.05, 0.1) is 28.3 Å². The molecule has 0 saturated carbocycles. The number of carbonyl (C=O) groups is 1. The second-order valence-electron chi connectivity index (χ2n) is 8.02. The number of benzene rings is 4. The zero-order valence-corrected chi connectivity index (χ0v) is 22.4. The van der Waals surface area contributed by atoms with E-state index >= 15 is 0 Å². The number of hydrogen-bond acceptors (Lipinski definition) is 7. The number of aromatic hydroxyl groups is 1. The lowest BCUT2D eigenvalue weighted by Gasteiger charge is -2.13. The molecule has 0 saturated heterocycles. The van der Waals surface area contributed by atoms with Crippen LogP contribution in [0.3, 0.4) is 0 Å². The number of carbonyl (C=O) groups excluding carboxylic acids is 1. The molecule has 3 N–H and O–H groups in total. The van der Waals surface area contributed by atoms with Gasteiger partial charge in [-0.3, -0.25) is 9.35 Å². The predicted molar refractivity (Wildman–Crippen MR) is 146 cm³/mol. The van der Waals surface area contributed by atoms with E-state index in [1.54, 1.807) is 49.4 Å². The van der Waals surface area contributed by atoms with Gasteiger partial charge in [0, 0.05) is 5.39 Å². The van der Waals surface area contributed by atoms with Crippen LogP contribution in [-0.4, -0.2) is 31.1 Å². The molecule has 1 amide bonds. The summed E-state index contributed by atoms with van der Waals surface area (Å²) < 4.78 is 38.1. The molecule has 0 bridgehead atoms. The minimum Gasteiger partial charge on any atom is -0.505 e. The second kappa shape index (κ2) is 11.0. The molecule has 0 atom stereocenters. The minimum absolute atomic E-state index is 0.00189. The molecule has 0 unspecified atom stereocenters. The summed E-state index contributed by atoms with van der Waals surface area (Å²) in [6.45, 7) is 1.67. The van der Waals surface area contributed by atoms with Crippen molar-refractivity contribution in [2.45, 2.75) is 18.2 Å². The van der Waals surface area contributed by atoms with Crippen molar-refractivity contribution in [1.82, 2.24) is 0 Å². The van der Waals surface area contributed by atoms with Crippen molar-refractivity contribution < 1.29 is 27.6 Å². The molecule has 0 aromatic heterocycles. The highest BCUT2D eigenvalue weighted by Gasteiger charge is 2.21. The van der Waals surface area contributed by atoms with Gasteiger partial charge in [0.15, 0.2) is 5.75 Å². The number of fused-ring (bicyclic) bond motifs is 1. The minimum atomic E-state index is -4.49. The average Bonchev–Trinajstić information content (AvgIpc) is 2.88. The fraction of sp³-hybridized carbons (Fsp3) is 0.115. The molecule has 4 aromatic rings. The van der Waals surface area contributed by atoms with E-state index in [-0.39, 0.29) is 49.6 Å². The number of ether oxygens (including phenoxy) is 1. The van der Waals surface area contributed by atoms with Crippen LogP contribution in [0.25, 0.3) is 10.8 Å². The Morgan fingerprint density at radius 2 is 1.76 bits per heavy atom. The lowest BCUT2D eigenvalue weighted by atomic mass is 10.0. The van der Waals surface area contributed by atoms with Gasteiger partial charge in [0.1, 0.15) is 22.1 Å². The summed E-state index contributed by atoms with van der Waals surface area (Å²) in [5.74, 6) is -0.723. The van der Waals surface area contributed by atoms with Crippen molar-refractivity contribution in [3.8, 4) is 11.5 Å². The molecule has 0 aliphatic heterocycles. The highest BCUT2D eigenvalue weighted by Crippen LogP contribution is 2.41. The molecule has 12 heteroatoms. The Morgan fingerprint density at radius 1 is 1.03 bits per heavy atom. The number of nitrogens with one attached hydrogen (secondary N) is 1. The van der Waals surface area contributed by atoms with Gasteiger partial charge in [-0.15, -0.1) is 10.2 Å². The highest BCUT2D eigenvalue weighted by molar-refractivity contribution is 7.85. The molecule has 0 radical (unpaired) electrons. The Hall–Kier alpha value is -3.70. The summed E-state index contributed by atoms with van der Waals surface area (Å²) in [6.07, 6.45) is 0.202. The van der Waals surface area contributed by atoms with Gasteiger partial charge in [-0.1, -0.05) is 60.5 Å². The lowest BCUT2D eigenvalue weighted by molar-refractivity contribution is 0.102. The Bertz CT molecular complexity index is 1710. The van der Waals surface area contributed by atoms with Gasteiger partial charge in [-0.2, -0.15) is 8.42 Å². The van der Waals surface area contributed by atoms with Gasteiger partial charge >= 0.3 is 0 Å². The monoisotopic (exact) mass is 573 g/mol. The van der Waals surface area contributed by atoms with E-state index in [4.69, 9.17) is 27.9 Å². The van der Waals surface area contributed by atoms with E-state index in [0.29, 0.717) is 16.5 Å². The first-order valence-electron chi connectivity index (χ1n) is 11.2. The number of halogens is 2. The van der Waals surface area contributed by atoms with Gasteiger partial charge in [0.25, 0.3) is 16.0 Å². The Balaban J connectivity index is 1.80. The van der Waals surface area contributed by atoms with Gasteiger partial charge in [0.2, 0.25) is 0 Å². The predicted octanol–water partition coefficient (Wildman–Crippen LogP) is 7.34. The normalized spacial score (nSPS) is 11.7. The maximum atomic E-state index is 13.2. The van der Waals surface area contributed by atoms with E-state index in [1.165, 1.54) is 25.3 Å². The Labute approximate surface area is 228 Å². The first-order chi connectivity index (χ1) is 18.1. The number of rotatable bonds is 7. The molecule has 4 rings (SSSR count). The number of phenols is 1. The van der Waals surface area contributed by atoms with Gasteiger partial charge < -0.3 is 15.2 Å². The zero-order valence-electron chi connectivity index (χ0n) is 20.1. The first-order valence-corrected chi connectivity index (χ1v) is 13.4. The first kappa shape index (κ1) is 27.3. The molecule has 38 heavy (non-hydrogen) atoms. The number of methoxy groups -OCH3 is 1. The summed E-state index contributed by atoms with van der Waals surface area (Å²) in [5.41, 5.74) is 0.474. The highest BCUT2D eigenvalue weighted by atomic mass is 35.5. The number of phenolic OH excluding ortho intramolecular Hbond substituents is 1. The van der Waals surface area contributed by atoms with E-state index in [0.717, 1.165) is 0 Å². The third-order valence-electron chi connectivity index (χ3n) is 5.74. The Morgan fingerprint density at radius 3 is 2.45 bits per heavy atom. The summed E-state index contributed by atoms with van der Waals surface area (Å²) in [6, 6.07) is 15.8. The van der Waals surface area contributed by atoms with E-state index in [1.807, 2.05) is 0 Å². The Kier molecular flexibility index (Phi) is 7.89. The molecular formula is C26H21Cl2N3O6S. The average molecular weight is 574 g/mol. The third kappa shape index (κ3) is 5.30. The largest absolute Gasteiger partial charge is 0.505 e. The summed E-state index contributed by atoms with van der Waals surface area (Å²) in [5, 5.41) is 23.3. The van der Waals surface area contributed by atoms with Crippen LogP contribution in [0.2, 0.25) is 10.0 Å². The van der Waals surface area contributed by atoms with Crippen molar-refractivity contribution in [3.63, 3.8) is 0 Å². The second-order valence-corrected chi connectivity index (χ2v) is 10.2. The van der Waals surface area contributed by atoms with Crippen LogP contribution in [0, 0.1) is 0 Å². The molecule has 0 aliphatic carbocycles. The SMILES string of the molecule is CCc1c(S(=O)(=O)O)ccc(N=Nc2c(O)c(C(=O)Nc3cccc(OC)c3Cl)cc3ccccc23)c1Cl. The van der Waals surface area contributed by atoms with Crippen LogP contribution < -0.4 is 10.1 Å². The van der Waals surface area contributed by atoms with E-state index < -0.39 is 21.8 Å². The van der Waals surface area contributed by atoms with Crippen LogP contribution in [0.15, 0.2) is 75.8 Å². The number of amides is 1. The van der Waals surface area contributed by atoms with Crippen LogP contribution in [0.4, 0.5) is 17.1 Å². The quantitative estimate of drug-likeness (QED) is 0.156. The van der Waals surface area contributed by atoms with Gasteiger partial charge in [-0.05, 0) is 47.7 Å². The zero-order chi connectivity index (χ0) is 27.6. The fourth-order valence-electron chi connectivity index (χ4n) is 3.89. The van der Waals surface area contributed by atoms with Crippen LogP contribution in [0.5, 0.6) is 11.5 Å². The number of hydrogen-bond donors (Lipinski definition) is 3. The molecule has 4 aromatic carbocycles. The standard InChI is InChI=1S/C26H21Cl2N3O6S/c1-3-15-21(38(34,35)36)12-11-19(22(15)27)30-31-24-16-8-5-4-7-14(16)13-17(25(24)32)26(33)29-18-9-6-10-20(37-2)23(18)28/h4-13,32H,3H2,1-2H3,(H,29,33)(H,34,35,36). The summed E-state index contributed by atoms with van der Waals surface area (Å²) >= 11 is 12.7. The maximum absolute atomic E-state index is 13.2. The number of azo groups is 1. The van der Waals surface area contributed by atoms with Crippen molar-refractivity contribution in [1.29, 1.82) is 0 Å². The molecular weight excluding hydrogens is 553 g/mol. The lowest BCUT2D eigenvalue weighted by Crippen LogP contribution is -2.12. The van der Waals surface area contributed by atoms with Crippen molar-refractivity contribution >= 4 is 67.1 Å². The third-order valence-corrected chi connectivity index (χ3v) is 7.49. The van der Waals surface area contributed by atoms with E-state index in [9.17, 15) is 22.9 Å². The van der Waals surface area contributed by atoms with Gasteiger partial charge in [-0.25, -0.2) is 0 Å². The number of anilines is 1. The maximum Gasteiger partial charge on any atom is 0.294 e. The molecule has 0 heterocycles. The molecule has 0 aliphatic rings. The van der Waals surface area contributed by atoms with Crippen molar-refractivity contribution in [2.75, 3.05) is 12.4 Å². The topological polar surface area (TPSA) is 138 Å². The smallest absolute Gasteiger partial charge is 0.294 e. The fourth-order valence-corrected chi connectivity index (χ4v) is 5.33. The van der Waals surface area contributed by atoms with Crippen LogP contribution >= 0.6 is 23.2 Å². The van der Waals surface area contributed by atoms with Crippen molar-refractivity contribution in [3.05, 3.63) is 81.8 Å². The van der Waals surface area contributed by atoms with Crippen molar-refractivity contribution in [2.24, 2.45) is 10.2 Å². The molecule has 0 spiro atoms. The molecule has 196 valence electrons. The van der Waals surface area contributed by atoms with E-state index in [2.05, 4.69) is 15.5 Å². The van der Waals surface area contributed by atoms with Crippen LogP contribution in [0.1, 0.15) is 22.8 Å². The summed E-state index contributed by atoms with van der Waals surface area (Å²) in [7, 11) is -3.04. The number of nitrogens with zero attached hydrogens (tertiary/aromatic N) is 2. The van der Waals surface area contributed by atoms with Crippen LogP contribution in [-0.2, 0) is 16.5 Å². The molecule has 0 fully saturated rings.